The molecule has 8 heteroatoms. The van der Waals surface area contributed by atoms with Crippen molar-refractivity contribution in [3.05, 3.63) is 59.1 Å². The van der Waals surface area contributed by atoms with Crippen LogP contribution in [0.25, 0.3) is 10.2 Å². The molecule has 1 aromatic heterocycles. The highest BCUT2D eigenvalue weighted by Gasteiger charge is 2.18. The minimum Gasteiger partial charge on any atom is -0.301 e. The van der Waals surface area contributed by atoms with Crippen molar-refractivity contribution in [2.24, 2.45) is 0 Å². The molecular weight excluding hydrogens is 368 g/mol. The van der Waals surface area contributed by atoms with Gasteiger partial charge in [0.1, 0.15) is 5.75 Å². The standard InChI is InChI=1S/C16H13ClN2O3S2/c17-12-6-7-13-14(8-12)23-16(18-13)19-15(20)10-24(21,22)9-11-4-2-1-3-5-11/h1-8H,9-10H2,(H,18,19,20). The summed E-state index contributed by atoms with van der Waals surface area (Å²) in [7, 11) is -3.55. The Morgan fingerprint density at radius 2 is 1.92 bits per heavy atom. The van der Waals surface area contributed by atoms with Crippen LogP contribution in [0.1, 0.15) is 5.56 Å². The lowest BCUT2D eigenvalue weighted by atomic mass is 10.2. The highest BCUT2D eigenvalue weighted by Crippen LogP contribution is 2.28. The molecule has 0 bridgehead atoms. The predicted octanol–water partition coefficient (Wildman–Crippen LogP) is 3.50. The van der Waals surface area contributed by atoms with Gasteiger partial charge >= 0.3 is 0 Å². The summed E-state index contributed by atoms with van der Waals surface area (Å²) in [5, 5.41) is 3.47. The lowest BCUT2D eigenvalue weighted by Crippen LogP contribution is -2.23. The number of anilines is 1. The second-order valence-corrected chi connectivity index (χ2v) is 8.73. The van der Waals surface area contributed by atoms with Gasteiger partial charge in [0.25, 0.3) is 0 Å². The van der Waals surface area contributed by atoms with Gasteiger partial charge < -0.3 is 5.32 Å². The number of benzene rings is 2. The summed E-state index contributed by atoms with van der Waals surface area (Å²) < 4.78 is 25.1. The number of carbonyl (C=O) groups is 1. The number of hydrogen-bond donors (Lipinski definition) is 1. The Kier molecular flexibility index (Phi) is 4.84. The zero-order valence-electron chi connectivity index (χ0n) is 12.4. The summed E-state index contributed by atoms with van der Waals surface area (Å²) in [6.07, 6.45) is 0. The first kappa shape index (κ1) is 16.9. The van der Waals surface area contributed by atoms with Crippen molar-refractivity contribution in [1.29, 1.82) is 0 Å². The zero-order chi connectivity index (χ0) is 17.2. The molecule has 0 unspecified atom stereocenters. The van der Waals surface area contributed by atoms with Crippen LogP contribution in [0, 0.1) is 0 Å². The summed E-state index contributed by atoms with van der Waals surface area (Å²) in [5.41, 5.74) is 1.35. The Morgan fingerprint density at radius 3 is 2.67 bits per heavy atom. The third-order valence-corrected chi connectivity index (χ3v) is 5.82. The summed E-state index contributed by atoms with van der Waals surface area (Å²) in [5.74, 6) is -1.36. The Morgan fingerprint density at radius 1 is 1.17 bits per heavy atom. The largest absolute Gasteiger partial charge is 0.301 e. The Hall–Kier alpha value is -1.96. The van der Waals surface area contributed by atoms with Crippen molar-refractivity contribution >= 4 is 54.0 Å². The topological polar surface area (TPSA) is 76.1 Å². The van der Waals surface area contributed by atoms with E-state index >= 15 is 0 Å². The van der Waals surface area contributed by atoms with E-state index in [0.29, 0.717) is 21.2 Å². The zero-order valence-corrected chi connectivity index (χ0v) is 14.8. The van der Waals surface area contributed by atoms with Gasteiger partial charge in [-0.25, -0.2) is 13.4 Å². The number of aromatic nitrogens is 1. The minimum absolute atomic E-state index is 0.170. The van der Waals surface area contributed by atoms with Crippen molar-refractivity contribution in [3.63, 3.8) is 0 Å². The molecule has 1 N–H and O–H groups in total. The van der Waals surface area contributed by atoms with Crippen LogP contribution >= 0.6 is 22.9 Å². The molecule has 24 heavy (non-hydrogen) atoms. The van der Waals surface area contributed by atoms with Crippen LogP contribution in [0.4, 0.5) is 5.13 Å². The first-order valence-corrected chi connectivity index (χ1v) is 10.0. The van der Waals surface area contributed by atoms with Gasteiger partial charge in [-0.2, -0.15) is 0 Å². The van der Waals surface area contributed by atoms with Gasteiger partial charge in [0, 0.05) is 5.02 Å². The molecule has 5 nitrogen and oxygen atoms in total. The molecule has 0 saturated heterocycles. The van der Waals surface area contributed by atoms with Gasteiger partial charge in [-0.3, -0.25) is 4.79 Å². The Bertz CT molecular complexity index is 985. The predicted molar refractivity (Wildman–Crippen MR) is 97.2 cm³/mol. The molecule has 0 radical (unpaired) electrons. The molecule has 0 aliphatic carbocycles. The SMILES string of the molecule is O=C(CS(=O)(=O)Cc1ccccc1)Nc1nc2ccc(Cl)cc2s1. The van der Waals surface area contributed by atoms with E-state index in [-0.39, 0.29) is 5.75 Å². The first-order valence-electron chi connectivity index (χ1n) is 7.02. The van der Waals surface area contributed by atoms with Crippen LogP contribution in [-0.4, -0.2) is 25.1 Å². The van der Waals surface area contributed by atoms with Crippen molar-refractivity contribution in [3.8, 4) is 0 Å². The van der Waals surface area contributed by atoms with Gasteiger partial charge in [-0.15, -0.1) is 0 Å². The molecular formula is C16H13ClN2O3S2. The summed E-state index contributed by atoms with van der Waals surface area (Å²) >= 11 is 7.16. The number of nitrogens with zero attached hydrogens (tertiary/aromatic N) is 1. The molecule has 1 amide bonds. The van der Waals surface area contributed by atoms with Crippen LogP contribution in [-0.2, 0) is 20.4 Å². The number of hydrogen-bond acceptors (Lipinski definition) is 5. The van der Waals surface area contributed by atoms with Gasteiger partial charge in [0.15, 0.2) is 15.0 Å². The molecule has 0 aliphatic heterocycles. The number of fused-ring (bicyclic) bond motifs is 1. The van der Waals surface area contributed by atoms with Crippen molar-refractivity contribution in [2.75, 3.05) is 11.1 Å². The number of amides is 1. The lowest BCUT2D eigenvalue weighted by Gasteiger charge is -2.04. The summed E-state index contributed by atoms with van der Waals surface area (Å²) in [6, 6.07) is 14.0. The van der Waals surface area contributed by atoms with Gasteiger partial charge in [0.2, 0.25) is 5.91 Å². The maximum absolute atomic E-state index is 12.1. The summed E-state index contributed by atoms with van der Waals surface area (Å²) in [4.78, 5) is 16.3. The molecule has 124 valence electrons. The van der Waals surface area contributed by atoms with E-state index in [4.69, 9.17) is 11.6 Å². The highest BCUT2D eigenvalue weighted by molar-refractivity contribution is 7.91. The normalized spacial score (nSPS) is 11.5. The third-order valence-electron chi connectivity index (χ3n) is 3.18. The number of carbonyl (C=O) groups excluding carboxylic acids is 1. The number of sulfone groups is 1. The van der Waals surface area contributed by atoms with E-state index < -0.39 is 21.5 Å². The quantitative estimate of drug-likeness (QED) is 0.734. The molecule has 2 aromatic carbocycles. The van der Waals surface area contributed by atoms with Crippen molar-refractivity contribution in [1.82, 2.24) is 4.98 Å². The molecule has 3 rings (SSSR count). The van der Waals surface area contributed by atoms with E-state index in [0.717, 1.165) is 4.70 Å². The van der Waals surface area contributed by atoms with Gasteiger partial charge in [-0.05, 0) is 23.8 Å². The molecule has 0 saturated carbocycles. The average molecular weight is 381 g/mol. The van der Waals surface area contributed by atoms with Crippen LogP contribution in [0.5, 0.6) is 0 Å². The lowest BCUT2D eigenvalue weighted by molar-refractivity contribution is -0.113. The first-order chi connectivity index (χ1) is 11.4. The fourth-order valence-electron chi connectivity index (χ4n) is 2.19. The van der Waals surface area contributed by atoms with Crippen LogP contribution in [0.15, 0.2) is 48.5 Å². The van der Waals surface area contributed by atoms with Gasteiger partial charge in [0.05, 0.1) is 16.0 Å². The second-order valence-electron chi connectivity index (χ2n) is 5.20. The van der Waals surface area contributed by atoms with Crippen LogP contribution in [0.2, 0.25) is 5.02 Å². The van der Waals surface area contributed by atoms with E-state index in [9.17, 15) is 13.2 Å². The Labute approximate surface area is 148 Å². The fraction of sp³-hybridized carbons (Fsp3) is 0.125. The maximum atomic E-state index is 12.1. The molecule has 3 aromatic rings. The smallest absolute Gasteiger partial charge is 0.241 e. The molecule has 0 aliphatic rings. The number of halogens is 1. The van der Waals surface area contributed by atoms with E-state index in [2.05, 4.69) is 10.3 Å². The summed E-state index contributed by atoms with van der Waals surface area (Å²) in [6.45, 7) is 0. The Balaban J connectivity index is 1.67. The number of rotatable bonds is 5. The molecule has 1 heterocycles. The van der Waals surface area contributed by atoms with Crippen molar-refractivity contribution in [2.45, 2.75) is 5.75 Å². The van der Waals surface area contributed by atoms with E-state index in [1.54, 1.807) is 42.5 Å². The third kappa shape index (κ3) is 4.31. The average Bonchev–Trinajstić information content (AvgIpc) is 2.88. The molecule has 0 spiro atoms. The van der Waals surface area contributed by atoms with Crippen molar-refractivity contribution < 1.29 is 13.2 Å². The van der Waals surface area contributed by atoms with E-state index in [1.165, 1.54) is 11.3 Å². The van der Waals surface area contributed by atoms with Gasteiger partial charge in [-0.1, -0.05) is 53.3 Å². The number of thiazole rings is 1. The van der Waals surface area contributed by atoms with Crippen LogP contribution < -0.4 is 5.32 Å². The van der Waals surface area contributed by atoms with Crippen LogP contribution in [0.3, 0.4) is 0 Å². The minimum atomic E-state index is -3.55. The highest BCUT2D eigenvalue weighted by atomic mass is 35.5. The maximum Gasteiger partial charge on any atom is 0.241 e. The monoisotopic (exact) mass is 380 g/mol. The molecule has 0 atom stereocenters. The number of nitrogens with one attached hydrogen (secondary N) is 1. The second kappa shape index (κ2) is 6.88. The van der Waals surface area contributed by atoms with E-state index in [1.807, 2.05) is 6.07 Å². The molecule has 0 fully saturated rings. The fourth-order valence-corrected chi connectivity index (χ4v) is 4.62.